The van der Waals surface area contributed by atoms with Gasteiger partial charge in [-0.05, 0) is 33.3 Å². The van der Waals surface area contributed by atoms with Crippen molar-refractivity contribution in [3.8, 4) is 0 Å². The first-order chi connectivity index (χ1) is 8.97. The van der Waals surface area contributed by atoms with Gasteiger partial charge >= 0.3 is 0 Å². The fourth-order valence-corrected chi connectivity index (χ4v) is 2.93. The highest BCUT2D eigenvalue weighted by atomic mass is 32.2. The average Bonchev–Trinajstić information content (AvgIpc) is 2.67. The van der Waals surface area contributed by atoms with Crippen LogP contribution in [0.25, 0.3) is 0 Å². The van der Waals surface area contributed by atoms with Gasteiger partial charge in [0.05, 0.1) is 10.9 Å². The van der Waals surface area contributed by atoms with E-state index in [2.05, 4.69) is 36.2 Å². The molecule has 0 radical (unpaired) electrons. The van der Waals surface area contributed by atoms with Gasteiger partial charge in [-0.25, -0.2) is 4.98 Å². The van der Waals surface area contributed by atoms with Crippen LogP contribution in [0.3, 0.4) is 0 Å². The fourth-order valence-electron chi connectivity index (χ4n) is 1.84. The number of thioether (sulfide) groups is 1. The highest BCUT2D eigenvalue weighted by Crippen LogP contribution is 2.37. The Morgan fingerprint density at radius 1 is 1.16 bits per heavy atom. The van der Waals surface area contributed by atoms with E-state index in [-0.39, 0.29) is 11.3 Å². The van der Waals surface area contributed by atoms with Crippen LogP contribution in [-0.4, -0.2) is 11.0 Å². The molecule has 2 aromatic rings. The topological polar surface area (TPSA) is 52.0 Å². The highest BCUT2D eigenvalue weighted by Gasteiger charge is 2.20. The number of hydrogen-bond donors (Lipinski definition) is 1. The Labute approximate surface area is 118 Å². The van der Waals surface area contributed by atoms with Gasteiger partial charge in [0.15, 0.2) is 0 Å². The van der Waals surface area contributed by atoms with Crippen LogP contribution >= 0.6 is 11.8 Å². The van der Waals surface area contributed by atoms with Crippen molar-refractivity contribution in [2.75, 3.05) is 0 Å². The SMILES string of the molecule is Cc1ccc(C(Sc2nc(C)c(C)o2)C(C)N)cc1. The zero-order chi connectivity index (χ0) is 14.0. The number of benzene rings is 1. The zero-order valence-corrected chi connectivity index (χ0v) is 12.6. The Morgan fingerprint density at radius 2 is 1.79 bits per heavy atom. The number of aromatic nitrogens is 1. The van der Waals surface area contributed by atoms with Crippen LogP contribution < -0.4 is 5.73 Å². The van der Waals surface area contributed by atoms with E-state index in [0.717, 1.165) is 11.5 Å². The quantitative estimate of drug-likeness (QED) is 0.863. The lowest BCUT2D eigenvalue weighted by Gasteiger charge is -2.19. The lowest BCUT2D eigenvalue weighted by atomic mass is 10.1. The van der Waals surface area contributed by atoms with Gasteiger partial charge in [0, 0.05) is 6.04 Å². The molecule has 0 amide bonds. The van der Waals surface area contributed by atoms with E-state index in [0.29, 0.717) is 5.22 Å². The van der Waals surface area contributed by atoms with E-state index in [9.17, 15) is 0 Å². The van der Waals surface area contributed by atoms with E-state index in [1.165, 1.54) is 11.1 Å². The molecule has 1 aromatic carbocycles. The molecule has 19 heavy (non-hydrogen) atoms. The first kappa shape index (κ1) is 14.2. The molecular formula is C15H20N2OS. The summed E-state index contributed by atoms with van der Waals surface area (Å²) in [6.45, 7) is 7.98. The highest BCUT2D eigenvalue weighted by molar-refractivity contribution is 7.99. The van der Waals surface area contributed by atoms with Crippen molar-refractivity contribution in [2.45, 2.75) is 44.2 Å². The maximum atomic E-state index is 6.11. The second kappa shape index (κ2) is 5.80. The molecule has 0 fully saturated rings. The lowest BCUT2D eigenvalue weighted by Crippen LogP contribution is -2.22. The fraction of sp³-hybridized carbons (Fsp3) is 0.400. The third kappa shape index (κ3) is 3.39. The molecule has 0 aliphatic rings. The summed E-state index contributed by atoms with van der Waals surface area (Å²) < 4.78 is 5.64. The number of aryl methyl sites for hydroxylation is 3. The second-order valence-electron chi connectivity index (χ2n) is 4.93. The van der Waals surface area contributed by atoms with Gasteiger partial charge in [-0.15, -0.1) is 0 Å². The Balaban J connectivity index is 2.23. The van der Waals surface area contributed by atoms with Crippen LogP contribution in [0.4, 0.5) is 0 Å². The van der Waals surface area contributed by atoms with Gasteiger partial charge in [0.2, 0.25) is 0 Å². The number of nitrogens with zero attached hydrogens (tertiary/aromatic N) is 1. The van der Waals surface area contributed by atoms with Gasteiger partial charge in [-0.1, -0.05) is 41.6 Å². The van der Waals surface area contributed by atoms with E-state index in [4.69, 9.17) is 10.2 Å². The van der Waals surface area contributed by atoms with Crippen LogP contribution in [0.1, 0.15) is 34.8 Å². The predicted molar refractivity (Wildman–Crippen MR) is 79.4 cm³/mol. The molecule has 0 bridgehead atoms. The molecule has 0 spiro atoms. The lowest BCUT2D eigenvalue weighted by molar-refractivity contribution is 0.429. The first-order valence-corrected chi connectivity index (χ1v) is 7.28. The molecular weight excluding hydrogens is 256 g/mol. The van der Waals surface area contributed by atoms with E-state index in [1.54, 1.807) is 11.8 Å². The summed E-state index contributed by atoms with van der Waals surface area (Å²) in [5.74, 6) is 0.870. The van der Waals surface area contributed by atoms with E-state index < -0.39 is 0 Å². The van der Waals surface area contributed by atoms with Crippen molar-refractivity contribution in [3.63, 3.8) is 0 Å². The molecule has 102 valence electrons. The van der Waals surface area contributed by atoms with Crippen molar-refractivity contribution in [3.05, 3.63) is 46.8 Å². The Morgan fingerprint density at radius 3 is 2.26 bits per heavy atom. The summed E-state index contributed by atoms with van der Waals surface area (Å²) >= 11 is 1.59. The minimum Gasteiger partial charge on any atom is -0.437 e. The summed E-state index contributed by atoms with van der Waals surface area (Å²) in [4.78, 5) is 4.42. The summed E-state index contributed by atoms with van der Waals surface area (Å²) in [6.07, 6.45) is 0. The third-order valence-electron chi connectivity index (χ3n) is 3.12. The largest absolute Gasteiger partial charge is 0.437 e. The molecule has 2 atom stereocenters. The summed E-state index contributed by atoms with van der Waals surface area (Å²) in [7, 11) is 0. The molecule has 2 unspecified atom stereocenters. The van der Waals surface area contributed by atoms with E-state index >= 15 is 0 Å². The van der Waals surface area contributed by atoms with Crippen molar-refractivity contribution < 1.29 is 4.42 Å². The van der Waals surface area contributed by atoms with Crippen LogP contribution in [0, 0.1) is 20.8 Å². The van der Waals surface area contributed by atoms with Crippen LogP contribution in [0.2, 0.25) is 0 Å². The molecule has 0 saturated heterocycles. The first-order valence-electron chi connectivity index (χ1n) is 6.40. The minimum atomic E-state index is 0.0280. The van der Waals surface area contributed by atoms with Crippen molar-refractivity contribution in [1.82, 2.24) is 4.98 Å². The molecule has 0 saturated carbocycles. The molecule has 1 aromatic heterocycles. The van der Waals surface area contributed by atoms with Gasteiger partial charge < -0.3 is 10.2 Å². The van der Waals surface area contributed by atoms with Crippen molar-refractivity contribution in [1.29, 1.82) is 0 Å². The monoisotopic (exact) mass is 276 g/mol. The van der Waals surface area contributed by atoms with Crippen molar-refractivity contribution in [2.24, 2.45) is 5.73 Å². The van der Waals surface area contributed by atoms with Crippen LogP contribution in [0.5, 0.6) is 0 Å². The maximum absolute atomic E-state index is 6.11. The minimum absolute atomic E-state index is 0.0280. The molecule has 3 nitrogen and oxygen atoms in total. The summed E-state index contributed by atoms with van der Waals surface area (Å²) in [5, 5.41) is 0.843. The number of nitrogens with two attached hydrogens (primary N) is 1. The molecule has 4 heteroatoms. The predicted octanol–water partition coefficient (Wildman–Crippen LogP) is 3.78. The van der Waals surface area contributed by atoms with E-state index in [1.807, 2.05) is 20.8 Å². The number of rotatable bonds is 4. The van der Waals surface area contributed by atoms with Crippen molar-refractivity contribution >= 4 is 11.8 Å². The Kier molecular flexibility index (Phi) is 4.32. The average molecular weight is 276 g/mol. The number of hydrogen-bond acceptors (Lipinski definition) is 4. The molecule has 0 aliphatic carbocycles. The smallest absolute Gasteiger partial charge is 0.256 e. The van der Waals surface area contributed by atoms with Gasteiger partial charge in [-0.3, -0.25) is 0 Å². The standard InChI is InChI=1S/C15H20N2OS/c1-9-5-7-13(8-6-9)14(10(2)16)19-15-17-11(3)12(4)18-15/h5-8,10,14H,16H2,1-4H3. The van der Waals surface area contributed by atoms with Crippen LogP contribution in [0.15, 0.2) is 33.9 Å². The van der Waals surface area contributed by atoms with Gasteiger partial charge in [-0.2, -0.15) is 0 Å². The Bertz CT molecular complexity index is 526. The maximum Gasteiger partial charge on any atom is 0.256 e. The molecule has 2 N–H and O–H groups in total. The zero-order valence-electron chi connectivity index (χ0n) is 11.8. The molecule has 0 aliphatic heterocycles. The van der Waals surface area contributed by atoms with Gasteiger partial charge in [0.25, 0.3) is 5.22 Å². The molecule has 1 heterocycles. The number of oxazole rings is 1. The van der Waals surface area contributed by atoms with Crippen LogP contribution in [-0.2, 0) is 0 Å². The normalized spacial score (nSPS) is 14.4. The third-order valence-corrected chi connectivity index (χ3v) is 4.45. The Hall–Kier alpha value is -1.26. The summed E-state index contributed by atoms with van der Waals surface area (Å²) in [5.41, 5.74) is 9.51. The second-order valence-corrected chi connectivity index (χ2v) is 6.02. The van der Waals surface area contributed by atoms with Gasteiger partial charge in [0.1, 0.15) is 5.76 Å². The molecule has 2 rings (SSSR count). The summed E-state index contributed by atoms with van der Waals surface area (Å²) in [6, 6.07) is 8.49.